The van der Waals surface area contributed by atoms with Crippen LogP contribution < -0.4 is 0 Å². The second-order valence-corrected chi connectivity index (χ2v) is 13.4. The van der Waals surface area contributed by atoms with Gasteiger partial charge in [-0.1, -0.05) is 170 Å². The summed E-state index contributed by atoms with van der Waals surface area (Å²) in [6.07, 6.45) is -0.489. The molecule has 0 saturated heterocycles. The van der Waals surface area contributed by atoms with Gasteiger partial charge in [0.1, 0.15) is 11.2 Å². The van der Waals surface area contributed by atoms with Gasteiger partial charge in [-0.25, -0.2) is 0 Å². The van der Waals surface area contributed by atoms with Gasteiger partial charge in [-0.2, -0.15) is 0 Å². The molecule has 1 aromatic heterocycles. The first-order valence-electron chi connectivity index (χ1n) is 24.1. The average molecular weight is 700 g/mol. The number of fused-ring (bicyclic) bond motifs is 7. The fraction of sp³-hybridized carbons (Fsp3) is 0.0189. The third kappa shape index (κ3) is 4.94. The van der Waals surface area contributed by atoms with Crippen molar-refractivity contribution in [1.82, 2.24) is 0 Å². The van der Waals surface area contributed by atoms with E-state index in [0.29, 0.717) is 5.56 Å². The Morgan fingerprint density at radius 2 is 1.00 bits per heavy atom. The van der Waals surface area contributed by atoms with E-state index in [2.05, 4.69) is 48.5 Å². The maximum Gasteiger partial charge on any atom is 0.143 e. The molecule has 1 heteroatoms. The smallest absolute Gasteiger partial charge is 0.143 e. The number of benzene rings is 10. The summed E-state index contributed by atoms with van der Waals surface area (Å²) in [6, 6.07) is 31.2. The van der Waals surface area contributed by atoms with Gasteiger partial charge >= 0.3 is 0 Å². The van der Waals surface area contributed by atoms with Crippen molar-refractivity contribution in [2.75, 3.05) is 0 Å². The van der Waals surface area contributed by atoms with Gasteiger partial charge in [0.25, 0.3) is 0 Å². The van der Waals surface area contributed by atoms with Crippen LogP contribution in [0.15, 0.2) is 198 Å². The second kappa shape index (κ2) is 12.3. The maximum absolute atomic E-state index is 9.30. The minimum Gasteiger partial charge on any atom is -0.455 e. The van der Waals surface area contributed by atoms with E-state index in [4.69, 9.17) is 16.8 Å². The fourth-order valence-electron chi connectivity index (χ4n) is 7.95. The van der Waals surface area contributed by atoms with E-state index < -0.39 is 85.0 Å². The van der Waals surface area contributed by atoms with Crippen molar-refractivity contribution >= 4 is 65.0 Å². The van der Waals surface area contributed by atoms with E-state index in [0.717, 1.165) is 65.7 Å². The first-order valence-corrected chi connectivity index (χ1v) is 17.6. The number of furan rings is 1. The van der Waals surface area contributed by atoms with Crippen LogP contribution >= 0.6 is 0 Å². The molecule has 1 nitrogen and oxygen atoms in total. The molecule has 11 aromatic rings. The molecule has 0 atom stereocenters. The van der Waals surface area contributed by atoms with Crippen molar-refractivity contribution in [3.63, 3.8) is 0 Å². The monoisotopic (exact) mass is 699 g/mol. The van der Waals surface area contributed by atoms with Crippen molar-refractivity contribution in [3.05, 3.63) is 205 Å². The predicted molar refractivity (Wildman–Crippen MR) is 229 cm³/mol. The summed E-state index contributed by atoms with van der Waals surface area (Å²) >= 11 is 0. The highest BCUT2D eigenvalue weighted by molar-refractivity contribution is 6.16. The Labute approximate surface area is 331 Å². The SMILES string of the molecule is [2H]c1c([2H])c([2H])c(Cc2c3c([2H])c([2H])c([2H])c([2H])c3c(-c3ccc4cc(-c5cccc6c5oc5ccc(-c7cccc8ccccc78)cc56)ccc4c3)c3c([2H])c([2H])c([2H])c([2H])c23)c([2H])c1[2H]. The molecule has 0 amide bonds. The summed E-state index contributed by atoms with van der Waals surface area (Å²) in [4.78, 5) is 0. The van der Waals surface area contributed by atoms with Crippen LogP contribution in [-0.2, 0) is 6.42 Å². The van der Waals surface area contributed by atoms with Gasteiger partial charge in [-0.15, -0.1) is 0 Å². The maximum atomic E-state index is 9.30. The van der Waals surface area contributed by atoms with Gasteiger partial charge < -0.3 is 4.42 Å². The van der Waals surface area contributed by atoms with Crippen LogP contribution in [0.25, 0.3) is 98.4 Å². The summed E-state index contributed by atoms with van der Waals surface area (Å²) in [5.41, 5.74) is 5.82. The highest BCUT2D eigenvalue weighted by Crippen LogP contribution is 2.43. The first-order chi connectivity index (χ1) is 32.2. The molecule has 252 valence electrons. The van der Waals surface area contributed by atoms with E-state index >= 15 is 0 Å². The lowest BCUT2D eigenvalue weighted by molar-refractivity contribution is 0.670. The van der Waals surface area contributed by atoms with E-state index in [1.807, 2.05) is 60.7 Å². The van der Waals surface area contributed by atoms with Gasteiger partial charge in [-0.05, 0) is 113 Å². The zero-order valence-corrected chi connectivity index (χ0v) is 28.6. The zero-order valence-electron chi connectivity index (χ0n) is 41.6. The number of hydrogen-bond donors (Lipinski definition) is 0. The molecular weight excluding hydrogens is 653 g/mol. The van der Waals surface area contributed by atoms with Crippen LogP contribution in [0.4, 0.5) is 0 Å². The lowest BCUT2D eigenvalue weighted by atomic mass is 9.86. The Hall–Kier alpha value is -6.96. The van der Waals surface area contributed by atoms with E-state index in [1.165, 1.54) is 0 Å². The summed E-state index contributed by atoms with van der Waals surface area (Å²) in [6.45, 7) is 0. The van der Waals surface area contributed by atoms with Crippen LogP contribution in [0, 0.1) is 0 Å². The average Bonchev–Trinajstić information content (AvgIpc) is 3.73. The van der Waals surface area contributed by atoms with Gasteiger partial charge in [0.15, 0.2) is 0 Å². The van der Waals surface area contributed by atoms with Crippen LogP contribution in [0.5, 0.6) is 0 Å². The lowest BCUT2D eigenvalue weighted by Crippen LogP contribution is -1.95. The highest BCUT2D eigenvalue weighted by atomic mass is 16.3. The van der Waals surface area contributed by atoms with Crippen molar-refractivity contribution < 1.29 is 22.2 Å². The van der Waals surface area contributed by atoms with E-state index in [1.54, 1.807) is 6.07 Å². The molecule has 11 rings (SSSR count). The Balaban J connectivity index is 1.11. The van der Waals surface area contributed by atoms with Crippen LogP contribution in [0.1, 0.15) is 28.9 Å². The van der Waals surface area contributed by atoms with Crippen molar-refractivity contribution in [2.24, 2.45) is 0 Å². The number of para-hydroxylation sites is 1. The largest absolute Gasteiger partial charge is 0.455 e. The van der Waals surface area contributed by atoms with Crippen LogP contribution in [-0.4, -0.2) is 0 Å². The van der Waals surface area contributed by atoms with Gasteiger partial charge in [-0.3, -0.25) is 0 Å². The summed E-state index contributed by atoms with van der Waals surface area (Å²) < 4.78 is 121. The molecule has 0 radical (unpaired) electrons. The summed E-state index contributed by atoms with van der Waals surface area (Å²) in [5.74, 6) is 0. The topological polar surface area (TPSA) is 13.1 Å². The molecule has 0 unspecified atom stereocenters. The standard InChI is InChI=1S/C53H34O/c1-2-12-34(13-3-1)30-49-44-17-6-8-19-46(44)52(47-20-9-7-18-45(47)49)40-27-25-36-31-38(26-24-37(36)32-40)43-22-11-23-48-50-33-39(28-29-51(50)54-53(43)48)42-21-10-15-35-14-4-5-16-41(35)42/h1-29,31-33H,30H2/i1D,2D,3D,6D,7D,8D,9D,12D,13D,17D,18D,19D,20D. The molecular formula is C53H34O. The molecule has 0 spiro atoms. The molecule has 0 bridgehead atoms. The molecule has 1 heterocycles. The molecule has 0 aliphatic carbocycles. The predicted octanol–water partition coefficient (Wildman–Crippen LogP) is 14.8. The van der Waals surface area contributed by atoms with Crippen LogP contribution in [0.2, 0.25) is 0 Å². The third-order valence-corrected chi connectivity index (χ3v) is 10.4. The molecule has 54 heavy (non-hydrogen) atoms. The normalized spacial score (nSPS) is 15.1. The van der Waals surface area contributed by atoms with E-state index in [9.17, 15) is 5.48 Å². The minimum atomic E-state index is -0.616. The zero-order chi connectivity index (χ0) is 46.9. The molecule has 0 aliphatic heterocycles. The van der Waals surface area contributed by atoms with Crippen LogP contribution in [0.3, 0.4) is 0 Å². The third-order valence-electron chi connectivity index (χ3n) is 10.4. The van der Waals surface area contributed by atoms with E-state index in [-0.39, 0.29) is 38.2 Å². The Bertz CT molecular complexity index is 3890. The molecule has 0 aliphatic rings. The molecule has 10 aromatic carbocycles. The first kappa shape index (κ1) is 20.3. The van der Waals surface area contributed by atoms with Crippen molar-refractivity contribution in [1.29, 1.82) is 0 Å². The Morgan fingerprint density at radius 1 is 0.407 bits per heavy atom. The Kier molecular flexibility index (Phi) is 4.64. The van der Waals surface area contributed by atoms with Crippen molar-refractivity contribution in [3.8, 4) is 33.4 Å². The fourth-order valence-corrected chi connectivity index (χ4v) is 7.95. The van der Waals surface area contributed by atoms with Crippen molar-refractivity contribution in [2.45, 2.75) is 6.42 Å². The highest BCUT2D eigenvalue weighted by Gasteiger charge is 2.17. The molecule has 0 N–H and O–H groups in total. The van der Waals surface area contributed by atoms with Gasteiger partial charge in [0, 0.05) is 16.3 Å². The summed E-state index contributed by atoms with van der Waals surface area (Å²) in [7, 11) is 0. The number of hydrogen-bond acceptors (Lipinski definition) is 1. The second-order valence-electron chi connectivity index (χ2n) is 13.4. The van der Waals surface area contributed by atoms with Gasteiger partial charge in [0.05, 0.1) is 17.8 Å². The quantitative estimate of drug-likeness (QED) is 0.163. The Morgan fingerprint density at radius 3 is 1.80 bits per heavy atom. The lowest BCUT2D eigenvalue weighted by Gasteiger charge is -2.18. The molecule has 0 saturated carbocycles. The molecule has 0 fully saturated rings. The minimum absolute atomic E-state index is 0.0127. The van der Waals surface area contributed by atoms with Gasteiger partial charge in [0.2, 0.25) is 0 Å². The summed E-state index contributed by atoms with van der Waals surface area (Å²) in [5, 5.41) is 5.63. The number of rotatable bonds is 5.